The molecular formula is C18H22N4O3. The molecule has 1 aromatic carbocycles. The van der Waals surface area contributed by atoms with Crippen molar-refractivity contribution in [3.05, 3.63) is 47.7 Å². The third kappa shape index (κ3) is 5.00. The number of aromatic nitrogens is 2. The molecule has 7 heteroatoms. The standard InChI is InChI=1S/C18H22N4O3/c1-4-5-11-22(2)17(23)15-9-10-16(21-20-15)19-14-8-6-7-13(12-14)18(24)25-3/h6-10,12H,4-5,11H2,1-3H3,(H,19,21). The molecule has 0 aliphatic heterocycles. The highest BCUT2D eigenvalue weighted by Crippen LogP contribution is 2.16. The summed E-state index contributed by atoms with van der Waals surface area (Å²) in [7, 11) is 3.09. The molecule has 0 saturated carbocycles. The zero-order chi connectivity index (χ0) is 18.2. The molecular weight excluding hydrogens is 320 g/mol. The first kappa shape index (κ1) is 18.4. The van der Waals surface area contributed by atoms with Crippen molar-refractivity contribution in [3.63, 3.8) is 0 Å². The Bertz CT molecular complexity index is 731. The van der Waals surface area contributed by atoms with Gasteiger partial charge in [0, 0.05) is 19.3 Å². The minimum Gasteiger partial charge on any atom is -0.465 e. The molecule has 2 aromatic rings. The maximum absolute atomic E-state index is 12.2. The molecule has 0 atom stereocenters. The molecule has 0 aliphatic carbocycles. The van der Waals surface area contributed by atoms with Gasteiger partial charge in [-0.15, -0.1) is 10.2 Å². The summed E-state index contributed by atoms with van der Waals surface area (Å²) in [5.74, 6) is -0.0826. The van der Waals surface area contributed by atoms with E-state index < -0.39 is 5.97 Å². The lowest BCUT2D eigenvalue weighted by Crippen LogP contribution is -2.28. The summed E-state index contributed by atoms with van der Waals surface area (Å²) in [5.41, 5.74) is 1.41. The van der Waals surface area contributed by atoms with Crippen LogP contribution in [0.1, 0.15) is 40.6 Å². The van der Waals surface area contributed by atoms with Crippen LogP contribution in [0.2, 0.25) is 0 Å². The second kappa shape index (κ2) is 8.77. The fourth-order valence-corrected chi connectivity index (χ4v) is 2.20. The number of hydrogen-bond acceptors (Lipinski definition) is 6. The highest BCUT2D eigenvalue weighted by Gasteiger charge is 2.13. The molecule has 0 fully saturated rings. The molecule has 0 bridgehead atoms. The predicted molar refractivity (Wildman–Crippen MR) is 95.0 cm³/mol. The van der Waals surface area contributed by atoms with Gasteiger partial charge in [0.1, 0.15) is 0 Å². The number of nitrogens with zero attached hydrogens (tertiary/aromatic N) is 3. The Labute approximate surface area is 147 Å². The summed E-state index contributed by atoms with van der Waals surface area (Å²) in [6.07, 6.45) is 1.97. The van der Waals surface area contributed by atoms with Crippen LogP contribution in [0.3, 0.4) is 0 Å². The number of carbonyl (C=O) groups excluding carboxylic acids is 2. The second-order valence-corrected chi connectivity index (χ2v) is 5.58. The topological polar surface area (TPSA) is 84.4 Å². The van der Waals surface area contributed by atoms with Crippen molar-refractivity contribution in [2.24, 2.45) is 0 Å². The van der Waals surface area contributed by atoms with Crippen LogP contribution in [0.5, 0.6) is 0 Å². The maximum atomic E-state index is 12.2. The Balaban J connectivity index is 2.05. The van der Waals surface area contributed by atoms with Crippen molar-refractivity contribution in [1.82, 2.24) is 15.1 Å². The fourth-order valence-electron chi connectivity index (χ4n) is 2.20. The Morgan fingerprint density at radius 1 is 1.20 bits per heavy atom. The largest absolute Gasteiger partial charge is 0.465 e. The lowest BCUT2D eigenvalue weighted by atomic mass is 10.2. The number of nitrogens with one attached hydrogen (secondary N) is 1. The molecule has 0 saturated heterocycles. The van der Waals surface area contributed by atoms with Gasteiger partial charge in [-0.2, -0.15) is 0 Å². The molecule has 2 rings (SSSR count). The fraction of sp³-hybridized carbons (Fsp3) is 0.333. The number of rotatable bonds is 7. The van der Waals surface area contributed by atoms with Crippen LogP contribution in [0.15, 0.2) is 36.4 Å². The highest BCUT2D eigenvalue weighted by atomic mass is 16.5. The number of carbonyl (C=O) groups is 2. The zero-order valence-electron chi connectivity index (χ0n) is 14.7. The number of hydrogen-bond donors (Lipinski definition) is 1. The molecule has 132 valence electrons. The molecule has 1 heterocycles. The minimum absolute atomic E-state index is 0.153. The van der Waals surface area contributed by atoms with Gasteiger partial charge in [0.05, 0.1) is 12.7 Å². The van der Waals surface area contributed by atoms with Crippen molar-refractivity contribution in [2.75, 3.05) is 26.0 Å². The summed E-state index contributed by atoms with van der Waals surface area (Å²) in [6, 6.07) is 10.2. The van der Waals surface area contributed by atoms with E-state index in [0.717, 1.165) is 12.8 Å². The summed E-state index contributed by atoms with van der Waals surface area (Å²) in [5, 5.41) is 11.1. The van der Waals surface area contributed by atoms with E-state index in [1.807, 2.05) is 0 Å². The van der Waals surface area contributed by atoms with Crippen LogP contribution in [0.4, 0.5) is 11.5 Å². The third-order valence-corrected chi connectivity index (χ3v) is 3.63. The average Bonchev–Trinajstić information content (AvgIpc) is 2.65. The lowest BCUT2D eigenvalue weighted by molar-refractivity contribution is 0.0600. The van der Waals surface area contributed by atoms with E-state index in [4.69, 9.17) is 4.74 Å². The second-order valence-electron chi connectivity index (χ2n) is 5.58. The van der Waals surface area contributed by atoms with Gasteiger partial charge in [-0.1, -0.05) is 19.4 Å². The highest BCUT2D eigenvalue weighted by molar-refractivity contribution is 5.92. The molecule has 0 radical (unpaired) electrons. The van der Waals surface area contributed by atoms with Gasteiger partial charge in [-0.25, -0.2) is 4.79 Å². The van der Waals surface area contributed by atoms with Crippen LogP contribution in [-0.4, -0.2) is 47.7 Å². The van der Waals surface area contributed by atoms with Crippen molar-refractivity contribution >= 4 is 23.4 Å². The van der Waals surface area contributed by atoms with Crippen molar-refractivity contribution in [1.29, 1.82) is 0 Å². The van der Waals surface area contributed by atoms with Crippen LogP contribution in [0, 0.1) is 0 Å². The van der Waals surface area contributed by atoms with E-state index in [1.165, 1.54) is 7.11 Å². The molecule has 0 spiro atoms. The first-order valence-corrected chi connectivity index (χ1v) is 8.09. The number of amides is 1. The predicted octanol–water partition coefficient (Wildman–Crippen LogP) is 2.88. The number of methoxy groups -OCH3 is 1. The van der Waals surface area contributed by atoms with Gasteiger partial charge >= 0.3 is 5.97 Å². The quantitative estimate of drug-likeness (QED) is 0.779. The SMILES string of the molecule is CCCCN(C)C(=O)c1ccc(Nc2cccc(C(=O)OC)c2)nn1. The summed E-state index contributed by atoms with van der Waals surface area (Å²) in [4.78, 5) is 25.4. The Hall–Kier alpha value is -2.96. The average molecular weight is 342 g/mol. The molecule has 7 nitrogen and oxygen atoms in total. The van der Waals surface area contributed by atoms with E-state index in [2.05, 4.69) is 22.4 Å². The van der Waals surface area contributed by atoms with E-state index in [0.29, 0.717) is 29.3 Å². The lowest BCUT2D eigenvalue weighted by Gasteiger charge is -2.15. The summed E-state index contributed by atoms with van der Waals surface area (Å²) >= 11 is 0. The number of unbranched alkanes of at least 4 members (excludes halogenated alkanes) is 1. The van der Waals surface area contributed by atoms with Gasteiger partial charge in [0.15, 0.2) is 11.5 Å². The van der Waals surface area contributed by atoms with Gasteiger partial charge in [-0.05, 0) is 36.8 Å². The van der Waals surface area contributed by atoms with Gasteiger partial charge < -0.3 is 15.0 Å². The molecule has 25 heavy (non-hydrogen) atoms. The van der Waals surface area contributed by atoms with Crippen molar-refractivity contribution < 1.29 is 14.3 Å². The van der Waals surface area contributed by atoms with E-state index >= 15 is 0 Å². The van der Waals surface area contributed by atoms with Gasteiger partial charge in [0.2, 0.25) is 0 Å². The molecule has 1 N–H and O–H groups in total. The number of ether oxygens (including phenoxy) is 1. The molecule has 1 amide bonds. The monoisotopic (exact) mass is 342 g/mol. The molecule has 0 aliphatic rings. The van der Waals surface area contributed by atoms with E-state index in [1.54, 1.807) is 48.3 Å². The summed E-state index contributed by atoms with van der Waals surface area (Å²) < 4.78 is 4.70. The van der Waals surface area contributed by atoms with Crippen LogP contribution in [0.25, 0.3) is 0 Å². The number of anilines is 2. The van der Waals surface area contributed by atoms with Crippen LogP contribution < -0.4 is 5.32 Å². The smallest absolute Gasteiger partial charge is 0.337 e. The third-order valence-electron chi connectivity index (χ3n) is 3.63. The zero-order valence-corrected chi connectivity index (χ0v) is 14.7. The molecule has 1 aromatic heterocycles. The minimum atomic E-state index is -0.411. The Morgan fingerprint density at radius 3 is 2.64 bits per heavy atom. The maximum Gasteiger partial charge on any atom is 0.337 e. The first-order chi connectivity index (χ1) is 12.0. The van der Waals surface area contributed by atoms with E-state index in [-0.39, 0.29) is 5.91 Å². The first-order valence-electron chi connectivity index (χ1n) is 8.09. The number of benzene rings is 1. The van der Waals surface area contributed by atoms with Crippen LogP contribution >= 0.6 is 0 Å². The van der Waals surface area contributed by atoms with Crippen molar-refractivity contribution in [2.45, 2.75) is 19.8 Å². The van der Waals surface area contributed by atoms with Gasteiger partial charge in [0.25, 0.3) is 5.91 Å². The normalized spacial score (nSPS) is 10.2. The van der Waals surface area contributed by atoms with Crippen molar-refractivity contribution in [3.8, 4) is 0 Å². The number of esters is 1. The summed E-state index contributed by atoms with van der Waals surface area (Å²) in [6.45, 7) is 2.77. The molecule has 0 unspecified atom stereocenters. The Morgan fingerprint density at radius 2 is 2.00 bits per heavy atom. The van der Waals surface area contributed by atoms with Crippen LogP contribution in [-0.2, 0) is 4.74 Å². The Kier molecular flexibility index (Phi) is 6.45. The van der Waals surface area contributed by atoms with E-state index in [9.17, 15) is 9.59 Å². The van der Waals surface area contributed by atoms with Gasteiger partial charge in [-0.3, -0.25) is 4.79 Å².